The second kappa shape index (κ2) is 10.2. The van der Waals surface area contributed by atoms with Crippen molar-refractivity contribution in [1.82, 2.24) is 0 Å². The number of anilines is 2. The van der Waals surface area contributed by atoms with Crippen molar-refractivity contribution in [3.63, 3.8) is 0 Å². The Balaban J connectivity index is 1.59. The van der Waals surface area contributed by atoms with Gasteiger partial charge in [-0.2, -0.15) is 0 Å². The molecule has 1 atom stereocenters. The van der Waals surface area contributed by atoms with Crippen LogP contribution in [0.15, 0.2) is 66.7 Å². The zero-order chi connectivity index (χ0) is 22.4. The molecule has 2 N–H and O–H groups in total. The van der Waals surface area contributed by atoms with Crippen LogP contribution in [0.4, 0.5) is 11.4 Å². The molecule has 3 rings (SSSR count). The zero-order valence-corrected chi connectivity index (χ0v) is 18.3. The molecule has 6 nitrogen and oxygen atoms in total. The summed E-state index contributed by atoms with van der Waals surface area (Å²) >= 11 is 11.8. The molecule has 0 bridgehead atoms. The predicted octanol–water partition coefficient (Wildman–Crippen LogP) is 5.66. The Bertz CT molecular complexity index is 1090. The van der Waals surface area contributed by atoms with Crippen LogP contribution in [0.2, 0.25) is 10.0 Å². The molecule has 160 valence electrons. The van der Waals surface area contributed by atoms with E-state index in [4.69, 9.17) is 32.7 Å². The van der Waals surface area contributed by atoms with Crippen molar-refractivity contribution in [2.45, 2.75) is 13.0 Å². The SMILES string of the molecule is COc1ccccc1NC(=O)c1ccc(NC(=O)C(C)Oc2ccc(Cl)c(Cl)c2)cc1. The maximum atomic E-state index is 12.5. The molecule has 0 saturated carbocycles. The average Bonchev–Trinajstić information content (AvgIpc) is 2.77. The largest absolute Gasteiger partial charge is 0.495 e. The van der Waals surface area contributed by atoms with Crippen LogP contribution in [-0.4, -0.2) is 25.0 Å². The van der Waals surface area contributed by atoms with Crippen LogP contribution in [-0.2, 0) is 4.79 Å². The van der Waals surface area contributed by atoms with Gasteiger partial charge in [0.05, 0.1) is 22.8 Å². The Morgan fingerprint density at radius 2 is 1.61 bits per heavy atom. The summed E-state index contributed by atoms with van der Waals surface area (Å²) in [6.45, 7) is 1.62. The highest BCUT2D eigenvalue weighted by Gasteiger charge is 2.16. The second-order valence-corrected chi connectivity index (χ2v) is 7.37. The number of hydrogen-bond donors (Lipinski definition) is 2. The molecule has 0 aliphatic heterocycles. The van der Waals surface area contributed by atoms with Gasteiger partial charge in [0.1, 0.15) is 11.5 Å². The molecule has 0 heterocycles. The van der Waals surface area contributed by atoms with Gasteiger partial charge in [-0.15, -0.1) is 0 Å². The summed E-state index contributed by atoms with van der Waals surface area (Å²) in [5.41, 5.74) is 1.54. The number of carbonyl (C=O) groups is 2. The third-order valence-electron chi connectivity index (χ3n) is 4.34. The zero-order valence-electron chi connectivity index (χ0n) is 16.8. The minimum absolute atomic E-state index is 0.293. The van der Waals surface area contributed by atoms with Gasteiger partial charge in [0.15, 0.2) is 6.10 Å². The molecule has 3 aromatic carbocycles. The second-order valence-electron chi connectivity index (χ2n) is 6.56. The van der Waals surface area contributed by atoms with Gasteiger partial charge in [-0.1, -0.05) is 35.3 Å². The Kier molecular flexibility index (Phi) is 7.39. The Morgan fingerprint density at radius 3 is 2.29 bits per heavy atom. The van der Waals surface area contributed by atoms with E-state index in [-0.39, 0.29) is 11.8 Å². The molecule has 0 fully saturated rings. The van der Waals surface area contributed by atoms with Crippen LogP contribution in [0.1, 0.15) is 17.3 Å². The number of hydrogen-bond acceptors (Lipinski definition) is 4. The molecular weight excluding hydrogens is 439 g/mol. The van der Waals surface area contributed by atoms with E-state index in [1.54, 1.807) is 67.6 Å². The summed E-state index contributed by atoms with van der Waals surface area (Å²) in [5.74, 6) is 0.354. The van der Waals surface area contributed by atoms with E-state index in [2.05, 4.69) is 10.6 Å². The number of halogens is 2. The fourth-order valence-corrected chi connectivity index (χ4v) is 2.99. The van der Waals surface area contributed by atoms with Crippen molar-refractivity contribution in [3.05, 3.63) is 82.3 Å². The summed E-state index contributed by atoms with van der Waals surface area (Å²) in [4.78, 5) is 24.9. The minimum atomic E-state index is -0.772. The molecule has 0 aliphatic carbocycles. The Labute approximate surface area is 190 Å². The normalized spacial score (nSPS) is 11.4. The molecule has 0 spiro atoms. The van der Waals surface area contributed by atoms with Crippen LogP contribution in [0.25, 0.3) is 0 Å². The van der Waals surface area contributed by atoms with Crippen LogP contribution in [0, 0.1) is 0 Å². The van der Waals surface area contributed by atoms with Crippen molar-refractivity contribution in [1.29, 1.82) is 0 Å². The van der Waals surface area contributed by atoms with Crippen molar-refractivity contribution in [2.75, 3.05) is 17.7 Å². The molecule has 2 amide bonds. The number of para-hydroxylation sites is 2. The van der Waals surface area contributed by atoms with Gasteiger partial charge < -0.3 is 20.1 Å². The molecule has 0 aromatic heterocycles. The number of carbonyl (C=O) groups excluding carboxylic acids is 2. The number of ether oxygens (including phenoxy) is 2. The van der Waals surface area contributed by atoms with Crippen LogP contribution >= 0.6 is 23.2 Å². The van der Waals surface area contributed by atoms with Crippen molar-refractivity contribution in [3.8, 4) is 11.5 Å². The number of benzene rings is 3. The van der Waals surface area contributed by atoms with Crippen molar-refractivity contribution < 1.29 is 19.1 Å². The fraction of sp³-hybridized carbons (Fsp3) is 0.130. The smallest absolute Gasteiger partial charge is 0.265 e. The molecule has 31 heavy (non-hydrogen) atoms. The van der Waals surface area contributed by atoms with Crippen LogP contribution < -0.4 is 20.1 Å². The summed E-state index contributed by atoms with van der Waals surface area (Å²) in [6, 6.07) is 18.4. The van der Waals surface area contributed by atoms with Gasteiger partial charge in [-0.25, -0.2) is 0 Å². The highest BCUT2D eigenvalue weighted by molar-refractivity contribution is 6.42. The van der Waals surface area contributed by atoms with Gasteiger partial charge in [0, 0.05) is 17.3 Å². The van der Waals surface area contributed by atoms with E-state index in [0.717, 1.165) is 0 Å². The molecule has 0 radical (unpaired) electrons. The third kappa shape index (κ3) is 5.90. The molecule has 1 unspecified atom stereocenters. The summed E-state index contributed by atoms with van der Waals surface area (Å²) < 4.78 is 10.8. The van der Waals surface area contributed by atoms with E-state index in [9.17, 15) is 9.59 Å². The monoisotopic (exact) mass is 458 g/mol. The lowest BCUT2D eigenvalue weighted by molar-refractivity contribution is -0.122. The van der Waals surface area contributed by atoms with E-state index < -0.39 is 6.10 Å². The number of rotatable bonds is 7. The van der Waals surface area contributed by atoms with Gasteiger partial charge >= 0.3 is 0 Å². The number of amides is 2. The van der Waals surface area contributed by atoms with Gasteiger partial charge in [-0.3, -0.25) is 9.59 Å². The minimum Gasteiger partial charge on any atom is -0.495 e. The van der Waals surface area contributed by atoms with Crippen molar-refractivity contribution >= 4 is 46.4 Å². The maximum absolute atomic E-state index is 12.5. The quantitative estimate of drug-likeness (QED) is 0.478. The van der Waals surface area contributed by atoms with Crippen molar-refractivity contribution in [2.24, 2.45) is 0 Å². The van der Waals surface area contributed by atoms with E-state index in [1.165, 1.54) is 7.11 Å². The topological polar surface area (TPSA) is 76.7 Å². The van der Waals surface area contributed by atoms with Crippen LogP contribution in [0.3, 0.4) is 0 Å². The maximum Gasteiger partial charge on any atom is 0.265 e. The lowest BCUT2D eigenvalue weighted by Crippen LogP contribution is -2.30. The molecule has 8 heteroatoms. The highest BCUT2D eigenvalue weighted by Crippen LogP contribution is 2.27. The van der Waals surface area contributed by atoms with Gasteiger partial charge in [0.25, 0.3) is 11.8 Å². The van der Waals surface area contributed by atoms with E-state index in [0.29, 0.717) is 38.5 Å². The lowest BCUT2D eigenvalue weighted by Gasteiger charge is -2.15. The molecule has 0 saturated heterocycles. The molecular formula is C23H20Cl2N2O4. The first kappa shape index (κ1) is 22.5. The third-order valence-corrected chi connectivity index (χ3v) is 5.08. The Morgan fingerprint density at radius 1 is 0.903 bits per heavy atom. The van der Waals surface area contributed by atoms with E-state index >= 15 is 0 Å². The summed E-state index contributed by atoms with van der Waals surface area (Å²) in [5, 5.41) is 6.29. The first-order chi connectivity index (χ1) is 14.9. The highest BCUT2D eigenvalue weighted by atomic mass is 35.5. The van der Waals surface area contributed by atoms with Gasteiger partial charge in [0.2, 0.25) is 0 Å². The fourth-order valence-electron chi connectivity index (χ4n) is 2.70. The summed E-state index contributed by atoms with van der Waals surface area (Å²) in [7, 11) is 1.54. The number of methoxy groups -OCH3 is 1. The molecule has 0 aliphatic rings. The number of nitrogens with one attached hydrogen (secondary N) is 2. The average molecular weight is 459 g/mol. The van der Waals surface area contributed by atoms with Crippen LogP contribution in [0.5, 0.6) is 11.5 Å². The van der Waals surface area contributed by atoms with E-state index in [1.807, 2.05) is 6.07 Å². The first-order valence-electron chi connectivity index (χ1n) is 9.34. The Hall–Kier alpha value is -3.22. The standard InChI is InChI=1S/C23H20Cl2N2O4/c1-14(31-17-11-12-18(24)19(25)13-17)22(28)26-16-9-7-15(8-10-16)23(29)27-20-5-3-4-6-21(20)30-2/h3-14H,1-2H3,(H,26,28)(H,27,29). The summed E-state index contributed by atoms with van der Waals surface area (Å²) in [6.07, 6.45) is -0.772. The lowest BCUT2D eigenvalue weighted by atomic mass is 10.2. The molecule has 3 aromatic rings. The predicted molar refractivity (Wildman–Crippen MR) is 123 cm³/mol. The first-order valence-corrected chi connectivity index (χ1v) is 10.1. The van der Waals surface area contributed by atoms with Gasteiger partial charge in [-0.05, 0) is 55.5 Å².